The number of rotatable bonds is 8. The Labute approximate surface area is 198 Å². The molecule has 0 saturated heterocycles. The van der Waals surface area contributed by atoms with Gasteiger partial charge in [0.2, 0.25) is 0 Å². The second-order valence-corrected chi connectivity index (χ2v) is 8.20. The molecule has 1 aliphatic heterocycles. The molecule has 6 nitrogen and oxygen atoms in total. The summed E-state index contributed by atoms with van der Waals surface area (Å²) in [4.78, 5) is 27.0. The molecule has 0 saturated carbocycles. The van der Waals surface area contributed by atoms with Crippen LogP contribution in [-0.2, 0) is 16.0 Å². The lowest BCUT2D eigenvalue weighted by atomic mass is 10.1. The number of fused-ring (bicyclic) bond motifs is 1. The molecular formula is C26H25ClN2O4. The molecule has 0 fully saturated rings. The van der Waals surface area contributed by atoms with Gasteiger partial charge in [0.15, 0.2) is 12.7 Å². The molecule has 0 aliphatic carbocycles. The van der Waals surface area contributed by atoms with Gasteiger partial charge in [-0.25, -0.2) is 0 Å². The van der Waals surface area contributed by atoms with Gasteiger partial charge in [0.25, 0.3) is 11.8 Å². The molecule has 3 aromatic carbocycles. The van der Waals surface area contributed by atoms with Crippen LogP contribution in [0.25, 0.3) is 0 Å². The molecule has 170 valence electrons. The summed E-state index contributed by atoms with van der Waals surface area (Å²) in [5, 5.41) is 3.25. The van der Waals surface area contributed by atoms with Crippen molar-refractivity contribution in [3.8, 4) is 11.5 Å². The number of hydrogen-bond donors (Lipinski definition) is 1. The lowest BCUT2D eigenvalue weighted by molar-refractivity contribution is -0.125. The minimum atomic E-state index is -0.557. The Hall–Kier alpha value is -3.51. The molecule has 2 amide bonds. The molecule has 0 bridgehead atoms. The zero-order chi connectivity index (χ0) is 23.2. The van der Waals surface area contributed by atoms with Crippen molar-refractivity contribution in [2.75, 3.05) is 23.4 Å². The zero-order valence-electron chi connectivity index (χ0n) is 18.3. The van der Waals surface area contributed by atoms with Crippen molar-refractivity contribution in [1.82, 2.24) is 0 Å². The smallest absolute Gasteiger partial charge is 0.267 e. The van der Waals surface area contributed by atoms with Crippen LogP contribution in [0.1, 0.15) is 18.9 Å². The molecule has 4 rings (SSSR count). The van der Waals surface area contributed by atoms with E-state index in [4.69, 9.17) is 21.1 Å². The van der Waals surface area contributed by atoms with Gasteiger partial charge in [0.05, 0.1) is 10.7 Å². The minimum Gasteiger partial charge on any atom is -0.482 e. The number of amides is 2. The van der Waals surface area contributed by atoms with Crippen molar-refractivity contribution in [3.05, 3.63) is 83.4 Å². The van der Waals surface area contributed by atoms with Crippen LogP contribution in [0.2, 0.25) is 5.02 Å². The van der Waals surface area contributed by atoms with Crippen LogP contribution in [0.4, 0.5) is 11.4 Å². The fourth-order valence-corrected chi connectivity index (χ4v) is 3.89. The van der Waals surface area contributed by atoms with Crippen LogP contribution in [0.15, 0.2) is 72.8 Å². The Balaban J connectivity index is 1.42. The number of nitrogens with one attached hydrogen (secondary N) is 1. The van der Waals surface area contributed by atoms with Crippen molar-refractivity contribution in [1.29, 1.82) is 0 Å². The number of benzene rings is 3. The van der Waals surface area contributed by atoms with Crippen molar-refractivity contribution in [2.45, 2.75) is 25.9 Å². The maximum absolute atomic E-state index is 12.8. The summed E-state index contributed by atoms with van der Waals surface area (Å²) in [7, 11) is 0. The van der Waals surface area contributed by atoms with E-state index in [9.17, 15) is 9.59 Å². The van der Waals surface area contributed by atoms with E-state index >= 15 is 0 Å². The van der Waals surface area contributed by atoms with Crippen molar-refractivity contribution < 1.29 is 19.1 Å². The first-order valence-electron chi connectivity index (χ1n) is 10.8. The highest BCUT2D eigenvalue weighted by molar-refractivity contribution is 6.32. The first-order chi connectivity index (χ1) is 16.0. The summed E-state index contributed by atoms with van der Waals surface area (Å²) in [5.74, 6) is 0.632. The maximum atomic E-state index is 12.8. The maximum Gasteiger partial charge on any atom is 0.267 e. The monoisotopic (exact) mass is 464 g/mol. The summed E-state index contributed by atoms with van der Waals surface area (Å²) in [6.45, 7) is 2.12. The number of hydrogen-bond acceptors (Lipinski definition) is 4. The highest BCUT2D eigenvalue weighted by Gasteiger charge is 2.31. The largest absolute Gasteiger partial charge is 0.482 e. The van der Waals surface area contributed by atoms with Crippen LogP contribution in [-0.4, -0.2) is 31.1 Å². The van der Waals surface area contributed by atoms with Gasteiger partial charge in [-0.05, 0) is 55.7 Å². The van der Waals surface area contributed by atoms with E-state index in [0.717, 1.165) is 12.8 Å². The second-order valence-electron chi connectivity index (χ2n) is 7.79. The number of halogens is 1. The van der Waals surface area contributed by atoms with Crippen molar-refractivity contribution in [2.24, 2.45) is 0 Å². The third-order valence-corrected chi connectivity index (χ3v) is 5.65. The van der Waals surface area contributed by atoms with E-state index in [1.165, 1.54) is 5.56 Å². The number of ether oxygens (including phenoxy) is 2. The van der Waals surface area contributed by atoms with Gasteiger partial charge in [0, 0.05) is 12.2 Å². The molecule has 1 aliphatic rings. The molecular weight excluding hydrogens is 440 g/mol. The Kier molecular flexibility index (Phi) is 7.15. The van der Waals surface area contributed by atoms with Crippen molar-refractivity contribution >= 4 is 34.8 Å². The quantitative estimate of drug-likeness (QED) is 0.503. The molecule has 0 radical (unpaired) electrons. The first-order valence-corrected chi connectivity index (χ1v) is 11.2. The van der Waals surface area contributed by atoms with E-state index in [1.54, 1.807) is 54.3 Å². The summed E-state index contributed by atoms with van der Waals surface area (Å²) in [5.41, 5.74) is 2.43. The topological polar surface area (TPSA) is 67.9 Å². The molecule has 1 unspecified atom stereocenters. The van der Waals surface area contributed by atoms with Crippen LogP contribution < -0.4 is 19.7 Å². The third-order valence-electron chi connectivity index (χ3n) is 5.34. The standard InChI is InChI=1S/C26H25ClN2O4/c1-18-26(31)29(15-7-10-19-8-3-2-4-9-19)22-16-20(13-14-24(22)33-18)28-25(30)17-32-23-12-6-5-11-21(23)27/h2-6,8-9,11-14,16,18H,7,10,15,17H2,1H3,(H,28,30). The molecule has 1 atom stereocenters. The molecule has 0 aromatic heterocycles. The Bertz CT molecular complexity index is 1140. The van der Waals surface area contributed by atoms with Crippen LogP contribution in [0.5, 0.6) is 11.5 Å². The number of carbonyl (C=O) groups excluding carboxylic acids is 2. The van der Waals surface area contributed by atoms with Gasteiger partial charge in [-0.2, -0.15) is 0 Å². The number of anilines is 2. The van der Waals surface area contributed by atoms with Crippen LogP contribution in [0.3, 0.4) is 0 Å². The zero-order valence-corrected chi connectivity index (χ0v) is 19.0. The molecule has 33 heavy (non-hydrogen) atoms. The van der Waals surface area contributed by atoms with E-state index in [1.807, 2.05) is 18.2 Å². The van der Waals surface area contributed by atoms with E-state index in [2.05, 4.69) is 17.4 Å². The number of aryl methyl sites for hydroxylation is 1. The number of para-hydroxylation sites is 1. The summed E-state index contributed by atoms with van der Waals surface area (Å²) < 4.78 is 11.3. The van der Waals surface area contributed by atoms with Gasteiger partial charge in [0.1, 0.15) is 11.5 Å². The number of carbonyl (C=O) groups is 2. The molecule has 1 heterocycles. The van der Waals surface area contributed by atoms with Gasteiger partial charge in [-0.1, -0.05) is 54.1 Å². The third kappa shape index (κ3) is 5.65. The predicted molar refractivity (Wildman–Crippen MR) is 129 cm³/mol. The predicted octanol–water partition coefficient (Wildman–Crippen LogP) is 5.10. The highest BCUT2D eigenvalue weighted by atomic mass is 35.5. The molecule has 0 spiro atoms. The Morgan fingerprint density at radius 2 is 1.85 bits per heavy atom. The van der Waals surface area contributed by atoms with Gasteiger partial charge < -0.3 is 19.7 Å². The van der Waals surface area contributed by atoms with Gasteiger partial charge in [-0.3, -0.25) is 9.59 Å². The highest BCUT2D eigenvalue weighted by Crippen LogP contribution is 2.36. The van der Waals surface area contributed by atoms with E-state index in [-0.39, 0.29) is 18.4 Å². The van der Waals surface area contributed by atoms with Crippen LogP contribution >= 0.6 is 11.6 Å². The SMILES string of the molecule is CC1Oc2ccc(NC(=O)COc3ccccc3Cl)cc2N(CCCc2ccccc2)C1=O. The van der Waals surface area contributed by atoms with E-state index < -0.39 is 6.10 Å². The first kappa shape index (κ1) is 22.7. The average molecular weight is 465 g/mol. The molecule has 1 N–H and O–H groups in total. The van der Waals surface area contributed by atoms with E-state index in [0.29, 0.717) is 34.4 Å². The average Bonchev–Trinajstić information content (AvgIpc) is 2.82. The number of nitrogens with zero attached hydrogens (tertiary/aromatic N) is 1. The lowest BCUT2D eigenvalue weighted by Gasteiger charge is -2.33. The normalized spacial score (nSPS) is 14.9. The Morgan fingerprint density at radius 1 is 1.09 bits per heavy atom. The minimum absolute atomic E-state index is 0.0962. The summed E-state index contributed by atoms with van der Waals surface area (Å²) >= 11 is 6.06. The van der Waals surface area contributed by atoms with Gasteiger partial charge in [-0.15, -0.1) is 0 Å². The molecule has 7 heteroatoms. The fourth-order valence-electron chi connectivity index (χ4n) is 3.70. The lowest BCUT2D eigenvalue weighted by Crippen LogP contribution is -2.45. The van der Waals surface area contributed by atoms with Crippen molar-refractivity contribution in [3.63, 3.8) is 0 Å². The Morgan fingerprint density at radius 3 is 2.64 bits per heavy atom. The summed E-state index contributed by atoms with van der Waals surface area (Å²) in [6.07, 6.45) is 1.12. The van der Waals surface area contributed by atoms with Gasteiger partial charge >= 0.3 is 0 Å². The summed E-state index contributed by atoms with van der Waals surface area (Å²) in [6, 6.07) is 22.4. The molecule has 3 aromatic rings. The fraction of sp³-hybridized carbons (Fsp3) is 0.231. The van der Waals surface area contributed by atoms with Crippen LogP contribution in [0, 0.1) is 0 Å². The second kappa shape index (κ2) is 10.4.